The van der Waals surface area contributed by atoms with E-state index in [4.69, 9.17) is 10.2 Å². The van der Waals surface area contributed by atoms with Crippen molar-refractivity contribution in [2.24, 2.45) is 10.8 Å². The van der Waals surface area contributed by atoms with Gasteiger partial charge in [-0.25, -0.2) is 9.59 Å². The van der Waals surface area contributed by atoms with Crippen LogP contribution in [0.15, 0.2) is 0 Å². The summed E-state index contributed by atoms with van der Waals surface area (Å²) in [6.45, 7) is 17.1. The normalized spacial score (nSPS) is 23.6. The molecule has 164 valence electrons. The highest BCUT2D eigenvalue weighted by atomic mass is 16.4. The van der Waals surface area contributed by atoms with Crippen molar-refractivity contribution in [2.75, 3.05) is 39.3 Å². The van der Waals surface area contributed by atoms with Gasteiger partial charge in [0, 0.05) is 45.3 Å². The molecule has 0 aromatic heterocycles. The Hall–Kier alpha value is -1.54. The second-order valence-corrected chi connectivity index (χ2v) is 10.00. The van der Waals surface area contributed by atoms with Crippen LogP contribution in [0.3, 0.4) is 0 Å². The van der Waals surface area contributed by atoms with Crippen molar-refractivity contribution in [3.8, 4) is 0 Å². The molecule has 2 unspecified atom stereocenters. The Morgan fingerprint density at radius 2 is 1.39 bits per heavy atom. The Morgan fingerprint density at radius 3 is 1.82 bits per heavy atom. The quantitative estimate of drug-likeness (QED) is 0.568. The predicted octanol–water partition coefficient (Wildman–Crippen LogP) is 2.75. The van der Waals surface area contributed by atoms with E-state index in [9.17, 15) is 9.59 Å². The Balaban J connectivity index is 0.000000283. The van der Waals surface area contributed by atoms with Crippen molar-refractivity contribution < 1.29 is 19.8 Å². The van der Waals surface area contributed by atoms with Crippen LogP contribution >= 0.6 is 0 Å². The molecule has 4 N–H and O–H groups in total. The molecule has 0 aliphatic carbocycles. The first-order valence-corrected chi connectivity index (χ1v) is 10.2. The number of nitrogens with zero attached hydrogens (tertiary/aromatic N) is 2. The van der Waals surface area contributed by atoms with E-state index in [1.807, 2.05) is 0 Å². The fourth-order valence-electron chi connectivity index (χ4n) is 3.58. The van der Waals surface area contributed by atoms with E-state index in [-0.39, 0.29) is 22.9 Å². The number of carboxylic acid groups (broad SMARTS) is 2. The number of carbonyl (C=O) groups is 2. The molecule has 2 saturated heterocycles. The molecule has 0 aromatic rings. The maximum absolute atomic E-state index is 11.0. The lowest BCUT2D eigenvalue weighted by Gasteiger charge is -2.41. The third kappa shape index (κ3) is 8.22. The van der Waals surface area contributed by atoms with Gasteiger partial charge in [-0.2, -0.15) is 0 Å². The molecule has 2 heterocycles. The smallest absolute Gasteiger partial charge is 0.407 e. The third-order valence-electron chi connectivity index (χ3n) is 5.31. The molecule has 0 saturated carbocycles. The number of hydrogen-bond donors (Lipinski definition) is 4. The van der Waals surface area contributed by atoms with Crippen LogP contribution in [-0.4, -0.2) is 83.6 Å². The highest BCUT2D eigenvalue weighted by molar-refractivity contribution is 5.66. The molecule has 2 fully saturated rings. The van der Waals surface area contributed by atoms with Crippen molar-refractivity contribution >= 4 is 12.2 Å². The summed E-state index contributed by atoms with van der Waals surface area (Å²) in [6.07, 6.45) is 0.420. The van der Waals surface area contributed by atoms with Crippen molar-refractivity contribution in [3.63, 3.8) is 0 Å². The fraction of sp³-hybridized carbons (Fsp3) is 0.900. The first-order valence-electron chi connectivity index (χ1n) is 10.2. The number of amides is 2. The van der Waals surface area contributed by atoms with Gasteiger partial charge in [0.05, 0.1) is 6.04 Å². The second kappa shape index (κ2) is 10.3. The molecule has 28 heavy (non-hydrogen) atoms. The van der Waals surface area contributed by atoms with Crippen LogP contribution in [0.4, 0.5) is 9.59 Å². The summed E-state index contributed by atoms with van der Waals surface area (Å²) >= 11 is 0. The Bertz CT molecular complexity index is 513. The van der Waals surface area contributed by atoms with Crippen molar-refractivity contribution in [1.82, 2.24) is 20.4 Å². The molecule has 8 heteroatoms. The van der Waals surface area contributed by atoms with Crippen LogP contribution in [-0.2, 0) is 0 Å². The average Bonchev–Trinajstić information content (AvgIpc) is 2.59. The van der Waals surface area contributed by atoms with Gasteiger partial charge in [0.25, 0.3) is 0 Å². The molecule has 0 bridgehead atoms. The van der Waals surface area contributed by atoms with Crippen LogP contribution in [0.1, 0.15) is 54.4 Å². The molecular weight excluding hydrogens is 360 g/mol. The summed E-state index contributed by atoms with van der Waals surface area (Å²) in [4.78, 5) is 25.0. The SMILES string of the molecule is CC(C)(C)C1CNCCN1C(=O)O.CC(C)(C)CCC1CNCCN1C(=O)O. The lowest BCUT2D eigenvalue weighted by atomic mass is 9.85. The van der Waals surface area contributed by atoms with Gasteiger partial charge in [0.1, 0.15) is 0 Å². The molecule has 0 spiro atoms. The highest BCUT2D eigenvalue weighted by Crippen LogP contribution is 2.25. The molecule has 2 amide bonds. The lowest BCUT2D eigenvalue weighted by Crippen LogP contribution is -2.58. The summed E-state index contributed by atoms with van der Waals surface area (Å²) < 4.78 is 0. The largest absolute Gasteiger partial charge is 0.465 e. The van der Waals surface area contributed by atoms with Gasteiger partial charge in [-0.05, 0) is 23.7 Å². The highest BCUT2D eigenvalue weighted by Gasteiger charge is 2.34. The minimum Gasteiger partial charge on any atom is -0.465 e. The number of nitrogens with one attached hydrogen (secondary N) is 2. The summed E-state index contributed by atoms with van der Waals surface area (Å²) in [5.74, 6) is 0. The maximum atomic E-state index is 11.0. The van der Waals surface area contributed by atoms with E-state index >= 15 is 0 Å². The molecule has 8 nitrogen and oxygen atoms in total. The second-order valence-electron chi connectivity index (χ2n) is 10.00. The zero-order valence-electron chi connectivity index (χ0n) is 18.4. The average molecular weight is 401 g/mol. The topological polar surface area (TPSA) is 105 Å². The van der Waals surface area contributed by atoms with Gasteiger partial charge < -0.3 is 30.6 Å². The summed E-state index contributed by atoms with van der Waals surface area (Å²) in [7, 11) is 0. The Kier molecular flexibility index (Phi) is 9.01. The lowest BCUT2D eigenvalue weighted by molar-refractivity contribution is 0.0674. The molecule has 2 rings (SSSR count). The van der Waals surface area contributed by atoms with Gasteiger partial charge in [-0.3, -0.25) is 0 Å². The van der Waals surface area contributed by atoms with Crippen LogP contribution in [0.5, 0.6) is 0 Å². The van der Waals surface area contributed by atoms with Gasteiger partial charge in [0.2, 0.25) is 0 Å². The van der Waals surface area contributed by atoms with Crippen LogP contribution < -0.4 is 10.6 Å². The minimum absolute atomic E-state index is 0.00576. The van der Waals surface area contributed by atoms with E-state index in [0.717, 1.165) is 39.0 Å². The van der Waals surface area contributed by atoms with Gasteiger partial charge >= 0.3 is 12.2 Å². The third-order valence-corrected chi connectivity index (χ3v) is 5.31. The van der Waals surface area contributed by atoms with Gasteiger partial charge in [0.15, 0.2) is 0 Å². The molecule has 2 atom stereocenters. The zero-order valence-corrected chi connectivity index (χ0v) is 18.4. The van der Waals surface area contributed by atoms with Crippen LogP contribution in [0.2, 0.25) is 0 Å². The Morgan fingerprint density at radius 1 is 0.893 bits per heavy atom. The fourth-order valence-corrected chi connectivity index (χ4v) is 3.58. The number of rotatable bonds is 2. The predicted molar refractivity (Wildman–Crippen MR) is 111 cm³/mol. The summed E-state index contributed by atoms with van der Waals surface area (Å²) in [5, 5.41) is 24.5. The number of piperazine rings is 2. The minimum atomic E-state index is -0.804. The number of hydrogen-bond acceptors (Lipinski definition) is 4. The van der Waals surface area contributed by atoms with Crippen LogP contribution in [0.25, 0.3) is 0 Å². The van der Waals surface area contributed by atoms with Crippen molar-refractivity contribution in [2.45, 2.75) is 66.5 Å². The van der Waals surface area contributed by atoms with Crippen molar-refractivity contribution in [1.29, 1.82) is 0 Å². The molecular formula is C20H40N4O4. The standard InChI is InChI=1S/C11H22N2O2.C9H18N2O2/c1-11(2,3)5-4-9-8-12-6-7-13(9)10(14)15;1-9(2,3)7-6-10-4-5-11(7)8(12)13/h9,12H,4-8H2,1-3H3,(H,14,15);7,10H,4-6H2,1-3H3,(H,12,13). The summed E-state index contributed by atoms with van der Waals surface area (Å²) in [5.41, 5.74) is 0.285. The molecule has 2 aliphatic heterocycles. The Labute approximate surface area is 169 Å². The van der Waals surface area contributed by atoms with Gasteiger partial charge in [-0.15, -0.1) is 0 Å². The summed E-state index contributed by atoms with van der Waals surface area (Å²) in [6, 6.07) is 0.231. The molecule has 0 radical (unpaired) electrons. The monoisotopic (exact) mass is 400 g/mol. The first kappa shape index (κ1) is 24.5. The maximum Gasteiger partial charge on any atom is 0.407 e. The van der Waals surface area contributed by atoms with E-state index < -0.39 is 12.2 Å². The van der Waals surface area contributed by atoms with Gasteiger partial charge in [-0.1, -0.05) is 41.5 Å². The van der Waals surface area contributed by atoms with Crippen LogP contribution in [0, 0.1) is 10.8 Å². The van der Waals surface area contributed by atoms with E-state index in [2.05, 4.69) is 52.2 Å². The molecule has 0 aromatic carbocycles. The molecule has 2 aliphatic rings. The van der Waals surface area contributed by atoms with E-state index in [1.54, 1.807) is 4.90 Å². The zero-order chi connectivity index (χ0) is 21.5. The van der Waals surface area contributed by atoms with E-state index in [1.165, 1.54) is 4.90 Å². The van der Waals surface area contributed by atoms with E-state index in [0.29, 0.717) is 13.1 Å². The first-order chi connectivity index (χ1) is 12.8. The van der Waals surface area contributed by atoms with Crippen molar-refractivity contribution in [3.05, 3.63) is 0 Å².